The molecule has 6 heteroatoms. The van der Waals surface area contributed by atoms with Gasteiger partial charge in [-0.3, -0.25) is 20.6 Å². The fourth-order valence-corrected chi connectivity index (χ4v) is 3.09. The predicted molar refractivity (Wildman–Crippen MR) is 113 cm³/mol. The van der Waals surface area contributed by atoms with Crippen molar-refractivity contribution < 1.29 is 4.79 Å². The Balaban J connectivity index is 1.62. The van der Waals surface area contributed by atoms with Gasteiger partial charge < -0.3 is 0 Å². The number of hydrogen-bond donors (Lipinski definition) is 2. The number of halogens is 1. The molecular formula is C22H17ClN4O. The number of carbonyl (C=O) groups excluding carboxylic acids is 1. The summed E-state index contributed by atoms with van der Waals surface area (Å²) >= 11 is 6.21. The molecule has 0 aliphatic carbocycles. The van der Waals surface area contributed by atoms with E-state index < -0.39 is 0 Å². The number of aliphatic imine (C=N–C) groups is 2. The molecule has 0 radical (unpaired) electrons. The average Bonchev–Trinajstić information content (AvgIpc) is 2.92. The quantitative estimate of drug-likeness (QED) is 0.647. The van der Waals surface area contributed by atoms with Crippen LogP contribution in [0.15, 0.2) is 88.8 Å². The zero-order valence-electron chi connectivity index (χ0n) is 14.9. The van der Waals surface area contributed by atoms with Crippen LogP contribution in [0.3, 0.4) is 0 Å². The van der Waals surface area contributed by atoms with Crippen LogP contribution in [0, 0.1) is 0 Å². The van der Waals surface area contributed by atoms with Gasteiger partial charge in [-0.25, -0.2) is 4.99 Å². The summed E-state index contributed by atoms with van der Waals surface area (Å²) in [6, 6.07) is 24.4. The van der Waals surface area contributed by atoms with Crippen LogP contribution in [0.25, 0.3) is 0 Å². The Morgan fingerprint density at radius 2 is 1.64 bits per heavy atom. The first-order valence-electron chi connectivity index (χ1n) is 8.79. The van der Waals surface area contributed by atoms with Gasteiger partial charge in [0.15, 0.2) is 0 Å². The van der Waals surface area contributed by atoms with Gasteiger partial charge in [-0.05, 0) is 30.3 Å². The molecule has 0 fully saturated rings. The molecule has 28 heavy (non-hydrogen) atoms. The van der Waals surface area contributed by atoms with Crippen molar-refractivity contribution in [2.45, 2.75) is 0 Å². The molecular weight excluding hydrogens is 372 g/mol. The van der Waals surface area contributed by atoms with E-state index in [1.807, 2.05) is 60.7 Å². The number of amides is 1. The molecule has 5 nitrogen and oxygen atoms in total. The zero-order valence-corrected chi connectivity index (χ0v) is 15.6. The first kappa shape index (κ1) is 17.9. The lowest BCUT2D eigenvalue weighted by Gasteiger charge is -2.09. The van der Waals surface area contributed by atoms with Crippen molar-refractivity contribution >= 4 is 34.7 Å². The summed E-state index contributed by atoms with van der Waals surface area (Å²) in [6.45, 7) is 0.297. The van der Waals surface area contributed by atoms with E-state index in [0.29, 0.717) is 23.0 Å². The Hall–Kier alpha value is -3.44. The second-order valence-corrected chi connectivity index (χ2v) is 6.63. The van der Waals surface area contributed by atoms with E-state index in [1.54, 1.807) is 18.2 Å². The van der Waals surface area contributed by atoms with Gasteiger partial charge in [-0.15, -0.1) is 0 Å². The van der Waals surface area contributed by atoms with E-state index in [-0.39, 0.29) is 5.91 Å². The number of nitrogens with zero attached hydrogens (tertiary/aromatic N) is 2. The minimum Gasteiger partial charge on any atom is -0.284 e. The topological polar surface area (TPSA) is 65.8 Å². The Kier molecular flexibility index (Phi) is 5.17. The molecule has 0 spiro atoms. The molecule has 1 aliphatic rings. The highest BCUT2D eigenvalue weighted by atomic mass is 35.5. The highest BCUT2D eigenvalue weighted by Crippen LogP contribution is 2.28. The molecule has 3 aromatic rings. The maximum Gasteiger partial charge on any atom is 0.269 e. The zero-order chi connectivity index (χ0) is 19.3. The largest absolute Gasteiger partial charge is 0.284 e. The summed E-state index contributed by atoms with van der Waals surface area (Å²) in [4.78, 5) is 21.6. The molecule has 0 saturated carbocycles. The van der Waals surface area contributed by atoms with E-state index in [4.69, 9.17) is 16.6 Å². The Labute approximate surface area is 167 Å². The van der Waals surface area contributed by atoms with Crippen molar-refractivity contribution in [1.82, 2.24) is 10.9 Å². The van der Waals surface area contributed by atoms with E-state index in [9.17, 15) is 4.79 Å². The minimum atomic E-state index is -0.240. The Bertz CT molecular complexity index is 1060. The lowest BCUT2D eigenvalue weighted by Crippen LogP contribution is -2.42. The van der Waals surface area contributed by atoms with Gasteiger partial charge in [0.2, 0.25) is 0 Å². The van der Waals surface area contributed by atoms with Crippen LogP contribution in [-0.4, -0.2) is 24.0 Å². The molecule has 0 atom stereocenters. The molecule has 0 aromatic heterocycles. The van der Waals surface area contributed by atoms with Crippen LogP contribution >= 0.6 is 11.6 Å². The summed E-state index contributed by atoms with van der Waals surface area (Å²) in [6.07, 6.45) is 0. The molecule has 0 bridgehead atoms. The highest BCUT2D eigenvalue weighted by molar-refractivity contribution is 6.31. The molecule has 0 saturated heterocycles. The molecule has 0 unspecified atom stereocenters. The van der Waals surface area contributed by atoms with Crippen molar-refractivity contribution in [3.05, 3.63) is 101 Å². The van der Waals surface area contributed by atoms with Crippen molar-refractivity contribution in [2.24, 2.45) is 9.98 Å². The summed E-state index contributed by atoms with van der Waals surface area (Å²) in [5.41, 5.74) is 9.52. The molecule has 1 amide bonds. The number of benzene rings is 3. The fraction of sp³-hybridized carbons (Fsp3) is 0.0455. The van der Waals surface area contributed by atoms with E-state index in [2.05, 4.69) is 15.8 Å². The van der Waals surface area contributed by atoms with Gasteiger partial charge >= 0.3 is 0 Å². The number of fused-ring (bicyclic) bond motifs is 1. The third-order valence-corrected chi connectivity index (χ3v) is 4.49. The summed E-state index contributed by atoms with van der Waals surface area (Å²) in [7, 11) is 0. The maximum atomic E-state index is 12.3. The Morgan fingerprint density at radius 1 is 0.929 bits per heavy atom. The van der Waals surface area contributed by atoms with Crippen LogP contribution in [0.4, 0.5) is 5.69 Å². The normalized spacial score (nSPS) is 12.9. The molecule has 3 aromatic carbocycles. The SMILES string of the molecule is O=C(NNC1=Nc2ccc(Cl)cc2C(c2ccccc2)=NC1)c1ccccc1. The summed E-state index contributed by atoms with van der Waals surface area (Å²) in [5, 5.41) is 0.617. The lowest BCUT2D eigenvalue weighted by atomic mass is 10.0. The van der Waals surface area contributed by atoms with Gasteiger partial charge in [-0.1, -0.05) is 60.1 Å². The summed E-state index contributed by atoms with van der Waals surface area (Å²) in [5.74, 6) is 0.301. The smallest absolute Gasteiger partial charge is 0.269 e. The van der Waals surface area contributed by atoms with Gasteiger partial charge in [0, 0.05) is 21.7 Å². The standard InChI is InChI=1S/C22H17ClN4O/c23-17-11-12-19-18(13-17)21(15-7-3-1-4-8-15)24-14-20(25-19)26-27-22(28)16-9-5-2-6-10-16/h1-13H,14H2,(H,25,26)(H,27,28). The number of carbonyl (C=O) groups is 1. The first-order valence-corrected chi connectivity index (χ1v) is 9.17. The number of hydrogen-bond acceptors (Lipinski definition) is 4. The van der Waals surface area contributed by atoms with Crippen molar-refractivity contribution in [3.8, 4) is 0 Å². The third-order valence-electron chi connectivity index (χ3n) is 4.26. The lowest BCUT2D eigenvalue weighted by molar-refractivity contribution is 0.0943. The number of rotatable bonds is 2. The van der Waals surface area contributed by atoms with E-state index in [0.717, 1.165) is 22.5 Å². The monoisotopic (exact) mass is 388 g/mol. The fourth-order valence-electron chi connectivity index (χ4n) is 2.92. The van der Waals surface area contributed by atoms with Crippen LogP contribution in [0.5, 0.6) is 0 Å². The van der Waals surface area contributed by atoms with Crippen LogP contribution in [0.2, 0.25) is 5.02 Å². The average molecular weight is 389 g/mol. The second-order valence-electron chi connectivity index (χ2n) is 6.20. The molecule has 4 rings (SSSR count). The molecule has 138 valence electrons. The van der Waals surface area contributed by atoms with E-state index >= 15 is 0 Å². The molecule has 1 aliphatic heterocycles. The molecule has 1 heterocycles. The third kappa shape index (κ3) is 3.94. The minimum absolute atomic E-state index is 0.240. The number of hydrazine groups is 1. The van der Waals surface area contributed by atoms with Crippen molar-refractivity contribution in [1.29, 1.82) is 0 Å². The van der Waals surface area contributed by atoms with Crippen molar-refractivity contribution in [2.75, 3.05) is 6.54 Å². The Morgan fingerprint density at radius 3 is 2.39 bits per heavy atom. The van der Waals surface area contributed by atoms with Crippen molar-refractivity contribution in [3.63, 3.8) is 0 Å². The van der Waals surface area contributed by atoms with Gasteiger partial charge in [-0.2, -0.15) is 0 Å². The van der Waals surface area contributed by atoms with Crippen LogP contribution in [0.1, 0.15) is 21.5 Å². The van der Waals surface area contributed by atoms with Gasteiger partial charge in [0.05, 0.1) is 17.9 Å². The second kappa shape index (κ2) is 8.06. The first-order chi connectivity index (χ1) is 13.7. The van der Waals surface area contributed by atoms with Crippen LogP contribution in [-0.2, 0) is 0 Å². The summed E-state index contributed by atoms with van der Waals surface area (Å²) < 4.78 is 0. The van der Waals surface area contributed by atoms with Crippen LogP contribution < -0.4 is 10.9 Å². The van der Waals surface area contributed by atoms with Gasteiger partial charge in [0.25, 0.3) is 5.91 Å². The van der Waals surface area contributed by atoms with Gasteiger partial charge in [0.1, 0.15) is 5.84 Å². The predicted octanol–water partition coefficient (Wildman–Crippen LogP) is 4.16. The number of nitrogens with one attached hydrogen (secondary N) is 2. The maximum absolute atomic E-state index is 12.3. The van der Waals surface area contributed by atoms with E-state index in [1.165, 1.54) is 0 Å². The highest BCUT2D eigenvalue weighted by Gasteiger charge is 2.17. The molecule has 2 N–H and O–H groups in total. The number of amidine groups is 1.